The van der Waals surface area contributed by atoms with E-state index < -0.39 is 30.5 Å². The molecule has 0 bridgehead atoms. The van der Waals surface area contributed by atoms with Crippen LogP contribution in [0.2, 0.25) is 0 Å². The lowest BCUT2D eigenvalue weighted by Gasteiger charge is -2.23. The van der Waals surface area contributed by atoms with E-state index >= 15 is 0 Å². The van der Waals surface area contributed by atoms with Crippen molar-refractivity contribution in [3.8, 4) is 17.6 Å². The normalized spacial score (nSPS) is 29.1. The molecule has 6 rings (SSSR count). The first kappa shape index (κ1) is 33.6. The van der Waals surface area contributed by atoms with E-state index in [1.807, 2.05) is 30.3 Å². The predicted octanol–water partition coefficient (Wildman–Crippen LogP) is 6.34. The Hall–Kier alpha value is -3.27. The van der Waals surface area contributed by atoms with Crippen LogP contribution < -0.4 is 14.2 Å². The maximum Gasteiger partial charge on any atom is 0.217 e. The second-order valence-electron chi connectivity index (χ2n) is 14.3. The van der Waals surface area contributed by atoms with Crippen LogP contribution in [0.25, 0.3) is 0 Å². The minimum Gasteiger partial charge on any atom is -0.472 e. The van der Waals surface area contributed by atoms with Crippen molar-refractivity contribution >= 4 is 0 Å². The highest BCUT2D eigenvalue weighted by Gasteiger charge is 2.41. The Morgan fingerprint density at radius 3 is 1.70 bits per heavy atom. The van der Waals surface area contributed by atoms with Gasteiger partial charge in [-0.15, -0.1) is 0 Å². The Kier molecular flexibility index (Phi) is 10.3. The third kappa shape index (κ3) is 7.58. The van der Waals surface area contributed by atoms with Crippen LogP contribution in [0.5, 0.6) is 17.6 Å². The molecular formula is C38H51N3O6. The van der Waals surface area contributed by atoms with Gasteiger partial charge in [-0.05, 0) is 93.2 Å². The van der Waals surface area contributed by atoms with Crippen molar-refractivity contribution in [2.75, 3.05) is 0 Å². The molecule has 47 heavy (non-hydrogen) atoms. The van der Waals surface area contributed by atoms with Crippen LogP contribution >= 0.6 is 0 Å². The van der Waals surface area contributed by atoms with E-state index in [-0.39, 0.29) is 29.8 Å². The number of aliphatic hydroxyl groups is 3. The van der Waals surface area contributed by atoms with Gasteiger partial charge in [-0.1, -0.05) is 52.8 Å². The average Bonchev–Trinajstić information content (AvgIpc) is 3.74. The number of aromatic nitrogens is 3. The van der Waals surface area contributed by atoms with Crippen molar-refractivity contribution in [1.29, 1.82) is 0 Å². The molecule has 0 aromatic carbocycles. The Labute approximate surface area is 278 Å². The molecule has 0 spiro atoms. The number of hydrogen-bond donors (Lipinski definition) is 3. The molecule has 0 aliphatic heterocycles. The first-order valence-electron chi connectivity index (χ1n) is 17.6. The summed E-state index contributed by atoms with van der Waals surface area (Å²) >= 11 is 0. The molecule has 8 atom stereocenters. The van der Waals surface area contributed by atoms with Crippen molar-refractivity contribution in [2.24, 2.45) is 0 Å². The fourth-order valence-corrected chi connectivity index (χ4v) is 7.31. The Morgan fingerprint density at radius 2 is 1.19 bits per heavy atom. The highest BCUT2D eigenvalue weighted by molar-refractivity contribution is 5.37. The topological polar surface area (TPSA) is 127 Å². The van der Waals surface area contributed by atoms with Crippen molar-refractivity contribution in [1.82, 2.24) is 15.0 Å². The van der Waals surface area contributed by atoms with Crippen molar-refractivity contribution < 1.29 is 29.5 Å². The lowest BCUT2D eigenvalue weighted by atomic mass is 9.96. The predicted molar refractivity (Wildman–Crippen MR) is 179 cm³/mol. The first-order valence-corrected chi connectivity index (χ1v) is 17.6. The molecule has 254 valence electrons. The number of aryl methyl sites for hydroxylation is 1. The lowest BCUT2D eigenvalue weighted by Crippen LogP contribution is -2.27. The SMILES string of the molecule is CCc1cccc(O[C@H]2CC(c3ccc(C(C)C)nc3O[C@@H]3CC(c4ccc(C(C)C)nc4O[C@@H]4CCC[C@H]4O)C[C@@H]3O)C[C@H]2O)n1. The summed E-state index contributed by atoms with van der Waals surface area (Å²) in [5.74, 6) is 2.00. The van der Waals surface area contributed by atoms with E-state index in [2.05, 4.69) is 51.7 Å². The summed E-state index contributed by atoms with van der Waals surface area (Å²) in [7, 11) is 0. The minimum atomic E-state index is -0.700. The van der Waals surface area contributed by atoms with E-state index in [0.717, 1.165) is 53.9 Å². The average molecular weight is 646 g/mol. The smallest absolute Gasteiger partial charge is 0.217 e. The maximum absolute atomic E-state index is 11.3. The molecule has 3 saturated carbocycles. The second-order valence-corrected chi connectivity index (χ2v) is 14.3. The zero-order chi connectivity index (χ0) is 33.2. The Balaban J connectivity index is 1.21. The first-order chi connectivity index (χ1) is 22.6. The van der Waals surface area contributed by atoms with Gasteiger partial charge in [-0.2, -0.15) is 0 Å². The van der Waals surface area contributed by atoms with Crippen molar-refractivity contribution in [2.45, 2.75) is 146 Å². The summed E-state index contributed by atoms with van der Waals surface area (Å²) < 4.78 is 19.2. The molecule has 3 N–H and O–H groups in total. The molecule has 0 radical (unpaired) electrons. The maximum atomic E-state index is 11.3. The molecule has 3 aromatic heterocycles. The van der Waals surface area contributed by atoms with Gasteiger partial charge >= 0.3 is 0 Å². The monoisotopic (exact) mass is 645 g/mol. The number of rotatable bonds is 11. The summed E-state index contributed by atoms with van der Waals surface area (Å²) in [5, 5.41) is 32.9. The molecule has 0 saturated heterocycles. The van der Waals surface area contributed by atoms with Gasteiger partial charge in [0, 0.05) is 34.3 Å². The summed E-state index contributed by atoms with van der Waals surface area (Å²) in [6.45, 7) is 10.5. The molecule has 0 amide bonds. The van der Waals surface area contributed by atoms with Crippen LogP contribution in [0.3, 0.4) is 0 Å². The molecule has 9 heteroatoms. The van der Waals surface area contributed by atoms with E-state index in [4.69, 9.17) is 24.2 Å². The zero-order valence-corrected chi connectivity index (χ0v) is 28.4. The summed E-state index contributed by atoms with van der Waals surface area (Å²) in [6, 6.07) is 14.0. The highest BCUT2D eigenvalue weighted by Crippen LogP contribution is 2.44. The fraction of sp³-hybridized carbons (Fsp3) is 0.605. The Bertz CT molecular complexity index is 1510. The summed E-state index contributed by atoms with van der Waals surface area (Å²) in [4.78, 5) is 14.4. The van der Waals surface area contributed by atoms with Gasteiger partial charge < -0.3 is 29.5 Å². The van der Waals surface area contributed by atoms with E-state index in [1.165, 1.54) is 0 Å². The van der Waals surface area contributed by atoms with Crippen LogP contribution in [0, 0.1) is 0 Å². The van der Waals surface area contributed by atoms with Crippen LogP contribution in [0.4, 0.5) is 0 Å². The van der Waals surface area contributed by atoms with Gasteiger partial charge in [0.05, 0.1) is 18.3 Å². The van der Waals surface area contributed by atoms with Gasteiger partial charge in [-0.3, -0.25) is 0 Å². The zero-order valence-electron chi connectivity index (χ0n) is 28.4. The summed E-state index contributed by atoms with van der Waals surface area (Å²) in [6.07, 6.45) is 2.53. The molecule has 3 fully saturated rings. The largest absolute Gasteiger partial charge is 0.472 e. The van der Waals surface area contributed by atoms with E-state index in [0.29, 0.717) is 43.3 Å². The molecule has 3 aromatic rings. The van der Waals surface area contributed by atoms with Gasteiger partial charge in [0.25, 0.3) is 0 Å². The molecule has 9 nitrogen and oxygen atoms in total. The summed E-state index contributed by atoms with van der Waals surface area (Å²) in [5.41, 5.74) is 4.68. The highest BCUT2D eigenvalue weighted by atomic mass is 16.5. The number of pyridine rings is 3. The van der Waals surface area contributed by atoms with Gasteiger partial charge in [0.1, 0.15) is 18.3 Å². The van der Waals surface area contributed by atoms with Gasteiger partial charge in [0.15, 0.2) is 0 Å². The third-order valence-corrected chi connectivity index (χ3v) is 10.2. The minimum absolute atomic E-state index is 0.0203. The van der Waals surface area contributed by atoms with Crippen LogP contribution in [0.15, 0.2) is 42.5 Å². The van der Waals surface area contributed by atoms with Crippen LogP contribution in [-0.2, 0) is 6.42 Å². The van der Waals surface area contributed by atoms with Gasteiger partial charge in [-0.25, -0.2) is 15.0 Å². The van der Waals surface area contributed by atoms with Crippen LogP contribution in [0.1, 0.15) is 131 Å². The number of hydrogen-bond acceptors (Lipinski definition) is 9. The Morgan fingerprint density at radius 1 is 0.638 bits per heavy atom. The standard InChI is InChI=1S/C38H51N3O6/c1-6-25-9-7-12-36(39-25)45-34-19-23(17-31(34)43)27-14-16-29(22(4)5)41-38(27)47-35-20-24(18-32(35)44)26-13-15-28(21(2)3)40-37(26)46-33-11-8-10-30(33)42/h7,9,12-16,21-24,30-35,42-44H,6,8,10-11,17-20H2,1-5H3/t23?,24?,30-,31-,32+,33-,34+,35-/m1/s1. The van der Waals surface area contributed by atoms with Crippen LogP contribution in [-0.4, -0.2) is 66.9 Å². The van der Waals surface area contributed by atoms with Gasteiger partial charge in [0.2, 0.25) is 17.6 Å². The molecule has 3 heterocycles. The fourth-order valence-electron chi connectivity index (χ4n) is 7.31. The third-order valence-electron chi connectivity index (χ3n) is 10.2. The number of nitrogens with zero attached hydrogens (tertiary/aromatic N) is 3. The molecule has 3 aliphatic rings. The van der Waals surface area contributed by atoms with Crippen molar-refractivity contribution in [3.63, 3.8) is 0 Å². The lowest BCUT2D eigenvalue weighted by molar-refractivity contribution is 0.0560. The second kappa shape index (κ2) is 14.5. The molecule has 2 unspecified atom stereocenters. The number of ether oxygens (including phenoxy) is 3. The van der Waals surface area contributed by atoms with Crippen molar-refractivity contribution in [3.05, 3.63) is 70.7 Å². The molecule has 3 aliphatic carbocycles. The van der Waals surface area contributed by atoms with E-state index in [9.17, 15) is 15.3 Å². The molecular weight excluding hydrogens is 594 g/mol. The van der Waals surface area contributed by atoms with E-state index in [1.54, 1.807) is 0 Å². The quantitative estimate of drug-likeness (QED) is 0.219. The number of aliphatic hydroxyl groups excluding tert-OH is 3.